The van der Waals surface area contributed by atoms with Crippen molar-refractivity contribution < 1.29 is 18.4 Å². The van der Waals surface area contributed by atoms with E-state index in [2.05, 4.69) is 12.1 Å². The summed E-state index contributed by atoms with van der Waals surface area (Å²) in [7, 11) is 1.64. The lowest BCUT2D eigenvalue weighted by molar-refractivity contribution is 0.0737. The lowest BCUT2D eigenvalue weighted by Gasteiger charge is -2.25. The summed E-state index contributed by atoms with van der Waals surface area (Å²) < 4.78 is 16.1. The van der Waals surface area contributed by atoms with Crippen LogP contribution in [0.1, 0.15) is 39.6 Å². The molecule has 1 atom stereocenters. The minimum atomic E-state index is -0.0594. The third kappa shape index (κ3) is 5.07. The normalized spacial score (nSPS) is 11.8. The van der Waals surface area contributed by atoms with Crippen LogP contribution in [0, 0.1) is 0 Å². The summed E-state index contributed by atoms with van der Waals surface area (Å²) in [5, 5.41) is 0. The van der Waals surface area contributed by atoms with E-state index in [0.29, 0.717) is 18.7 Å². The van der Waals surface area contributed by atoms with Crippen molar-refractivity contribution >= 4 is 5.91 Å². The third-order valence-corrected chi connectivity index (χ3v) is 5.36. The molecule has 0 aliphatic rings. The van der Waals surface area contributed by atoms with Crippen LogP contribution in [0.15, 0.2) is 100 Å². The molecular formula is C26H25NO4. The van der Waals surface area contributed by atoms with Gasteiger partial charge in [-0.1, -0.05) is 42.5 Å². The fourth-order valence-electron chi connectivity index (χ4n) is 3.71. The van der Waals surface area contributed by atoms with Crippen LogP contribution in [-0.2, 0) is 6.54 Å². The number of nitrogens with zero attached hydrogens (tertiary/aromatic N) is 1. The summed E-state index contributed by atoms with van der Waals surface area (Å²) in [6.45, 7) is 1.06. The molecule has 4 rings (SSSR count). The van der Waals surface area contributed by atoms with Crippen LogP contribution in [0.3, 0.4) is 0 Å². The Hall–Kier alpha value is -3.73. The molecule has 0 saturated carbocycles. The van der Waals surface area contributed by atoms with Gasteiger partial charge in [-0.2, -0.15) is 0 Å². The average Bonchev–Trinajstić information content (AvgIpc) is 3.54. The predicted molar refractivity (Wildman–Crippen MR) is 118 cm³/mol. The molecular weight excluding hydrogens is 390 g/mol. The van der Waals surface area contributed by atoms with Gasteiger partial charge < -0.3 is 18.5 Å². The number of methoxy groups -OCH3 is 1. The first-order valence-corrected chi connectivity index (χ1v) is 10.3. The van der Waals surface area contributed by atoms with Crippen molar-refractivity contribution in [3.8, 4) is 5.75 Å². The number of amides is 1. The number of hydrogen-bond donors (Lipinski definition) is 0. The van der Waals surface area contributed by atoms with Gasteiger partial charge in [0, 0.05) is 19.0 Å². The molecule has 31 heavy (non-hydrogen) atoms. The molecule has 4 aromatic rings. The van der Waals surface area contributed by atoms with E-state index >= 15 is 0 Å². The first-order valence-electron chi connectivity index (χ1n) is 10.3. The first kappa shape index (κ1) is 20.5. The second-order valence-corrected chi connectivity index (χ2v) is 7.35. The van der Waals surface area contributed by atoms with Crippen LogP contribution >= 0.6 is 0 Å². The van der Waals surface area contributed by atoms with E-state index in [1.165, 1.54) is 12.5 Å². The van der Waals surface area contributed by atoms with E-state index in [1.807, 2.05) is 59.5 Å². The van der Waals surface area contributed by atoms with Gasteiger partial charge in [-0.25, -0.2) is 0 Å². The average molecular weight is 415 g/mol. The fourth-order valence-corrected chi connectivity index (χ4v) is 3.71. The van der Waals surface area contributed by atoms with Crippen LogP contribution in [0.2, 0.25) is 0 Å². The first-order chi connectivity index (χ1) is 15.2. The molecule has 0 unspecified atom stereocenters. The highest BCUT2D eigenvalue weighted by molar-refractivity contribution is 5.93. The molecule has 5 nitrogen and oxygen atoms in total. The minimum absolute atomic E-state index is 0.0594. The van der Waals surface area contributed by atoms with Gasteiger partial charge in [0.25, 0.3) is 5.91 Å². The van der Waals surface area contributed by atoms with Crippen LogP contribution in [0.5, 0.6) is 5.75 Å². The fraction of sp³-hybridized carbons (Fsp3) is 0.192. The van der Waals surface area contributed by atoms with Gasteiger partial charge >= 0.3 is 0 Å². The zero-order chi connectivity index (χ0) is 21.5. The van der Waals surface area contributed by atoms with Gasteiger partial charge in [-0.3, -0.25) is 4.79 Å². The molecule has 0 saturated heterocycles. The van der Waals surface area contributed by atoms with E-state index in [9.17, 15) is 4.79 Å². The van der Waals surface area contributed by atoms with E-state index in [4.69, 9.17) is 13.6 Å². The zero-order valence-corrected chi connectivity index (χ0v) is 17.4. The van der Waals surface area contributed by atoms with Crippen molar-refractivity contribution in [3.63, 3.8) is 0 Å². The summed E-state index contributed by atoms with van der Waals surface area (Å²) >= 11 is 0. The Bertz CT molecular complexity index is 1050. The highest BCUT2D eigenvalue weighted by Gasteiger charge is 2.22. The van der Waals surface area contributed by atoms with Crippen molar-refractivity contribution in [2.24, 2.45) is 0 Å². The van der Waals surface area contributed by atoms with Crippen molar-refractivity contribution in [3.05, 3.63) is 114 Å². The van der Waals surface area contributed by atoms with Gasteiger partial charge in [0.15, 0.2) is 0 Å². The molecule has 0 bridgehead atoms. The maximum atomic E-state index is 13.2. The Morgan fingerprint density at radius 2 is 1.77 bits per heavy atom. The van der Waals surface area contributed by atoms with E-state index < -0.39 is 0 Å². The summed E-state index contributed by atoms with van der Waals surface area (Å²) in [5.41, 5.74) is 2.74. The summed E-state index contributed by atoms with van der Waals surface area (Å²) in [6.07, 6.45) is 5.44. The maximum absolute atomic E-state index is 13.2. The Morgan fingerprint density at radius 1 is 0.968 bits per heavy atom. The van der Waals surface area contributed by atoms with E-state index in [-0.39, 0.29) is 11.8 Å². The SMILES string of the molecule is COc1ccc(CN(CC[C@@H](c2ccccc2)c2ccco2)C(=O)c2ccoc2)cc1. The van der Waals surface area contributed by atoms with Crippen molar-refractivity contribution in [2.45, 2.75) is 18.9 Å². The standard InChI is InChI=1S/C26H25NO4/c1-29-23-11-9-20(10-12-23)18-27(26(28)22-14-17-30-19-22)15-13-24(25-8-5-16-31-25)21-6-3-2-4-7-21/h2-12,14,16-17,19,24H,13,15,18H2,1H3/t24-/m0/s1. The number of benzene rings is 2. The van der Waals surface area contributed by atoms with Gasteiger partial charge in [-0.15, -0.1) is 0 Å². The zero-order valence-electron chi connectivity index (χ0n) is 17.4. The second kappa shape index (κ2) is 9.85. The summed E-state index contributed by atoms with van der Waals surface area (Å²) in [5.74, 6) is 1.69. The van der Waals surface area contributed by atoms with Crippen molar-refractivity contribution in [1.82, 2.24) is 4.90 Å². The maximum Gasteiger partial charge on any atom is 0.257 e. The molecule has 2 aromatic heterocycles. The summed E-state index contributed by atoms with van der Waals surface area (Å²) in [4.78, 5) is 15.0. The molecule has 2 aromatic carbocycles. The molecule has 0 fully saturated rings. The van der Waals surface area contributed by atoms with Crippen molar-refractivity contribution in [1.29, 1.82) is 0 Å². The van der Waals surface area contributed by atoms with Crippen LogP contribution < -0.4 is 4.74 Å². The highest BCUT2D eigenvalue weighted by Crippen LogP contribution is 2.29. The topological polar surface area (TPSA) is 55.8 Å². The Balaban J connectivity index is 1.56. The molecule has 1 amide bonds. The number of rotatable bonds is 9. The van der Waals surface area contributed by atoms with Gasteiger partial charge in [0.05, 0.1) is 25.2 Å². The minimum Gasteiger partial charge on any atom is -0.497 e. The number of furan rings is 2. The number of ether oxygens (including phenoxy) is 1. The molecule has 0 N–H and O–H groups in total. The lowest BCUT2D eigenvalue weighted by Crippen LogP contribution is -2.32. The quantitative estimate of drug-likeness (QED) is 0.349. The Labute approximate surface area is 181 Å². The third-order valence-electron chi connectivity index (χ3n) is 5.36. The van der Waals surface area contributed by atoms with Crippen molar-refractivity contribution in [2.75, 3.05) is 13.7 Å². The molecule has 0 aliphatic carbocycles. The molecule has 0 aliphatic heterocycles. The largest absolute Gasteiger partial charge is 0.497 e. The summed E-state index contributed by atoms with van der Waals surface area (Å²) in [6, 6.07) is 23.6. The van der Waals surface area contributed by atoms with Crippen LogP contribution in [-0.4, -0.2) is 24.5 Å². The number of carbonyl (C=O) groups is 1. The lowest BCUT2D eigenvalue weighted by atomic mass is 9.93. The molecule has 5 heteroatoms. The smallest absolute Gasteiger partial charge is 0.257 e. The predicted octanol–water partition coefficient (Wildman–Crippen LogP) is 5.75. The van der Waals surface area contributed by atoms with E-state index in [1.54, 1.807) is 19.4 Å². The van der Waals surface area contributed by atoms with Gasteiger partial charge in [0.2, 0.25) is 0 Å². The highest BCUT2D eigenvalue weighted by atomic mass is 16.5. The number of carbonyl (C=O) groups excluding carboxylic acids is 1. The molecule has 0 radical (unpaired) electrons. The Morgan fingerprint density at radius 3 is 2.42 bits per heavy atom. The van der Waals surface area contributed by atoms with Crippen LogP contribution in [0.4, 0.5) is 0 Å². The van der Waals surface area contributed by atoms with E-state index in [0.717, 1.165) is 29.1 Å². The molecule has 0 spiro atoms. The van der Waals surface area contributed by atoms with Gasteiger partial charge in [-0.05, 0) is 47.9 Å². The Kier molecular flexibility index (Phi) is 6.53. The monoisotopic (exact) mass is 415 g/mol. The second-order valence-electron chi connectivity index (χ2n) is 7.35. The molecule has 158 valence electrons. The molecule has 2 heterocycles. The van der Waals surface area contributed by atoms with Gasteiger partial charge in [0.1, 0.15) is 17.8 Å². The van der Waals surface area contributed by atoms with Crippen LogP contribution in [0.25, 0.3) is 0 Å². The number of hydrogen-bond acceptors (Lipinski definition) is 4.